The van der Waals surface area contributed by atoms with Crippen LogP contribution in [0.4, 0.5) is 5.00 Å². The van der Waals surface area contributed by atoms with Crippen LogP contribution in [0.15, 0.2) is 33.5 Å². The lowest BCUT2D eigenvalue weighted by Gasteiger charge is -2.12. The zero-order valence-electron chi connectivity index (χ0n) is 16.7. The van der Waals surface area contributed by atoms with Crippen molar-refractivity contribution in [2.45, 2.75) is 32.6 Å². The van der Waals surface area contributed by atoms with Crippen LogP contribution in [0, 0.1) is 0 Å². The molecule has 0 atom stereocenters. The summed E-state index contributed by atoms with van der Waals surface area (Å²) in [6, 6.07) is 6.50. The number of anilines is 1. The molecule has 0 unspecified atom stereocenters. The molecule has 2 aromatic heterocycles. The van der Waals surface area contributed by atoms with Gasteiger partial charge in [-0.3, -0.25) is 4.79 Å². The SMILES string of the molecule is CCOC(=O)c1c(NC(=O)c2cc3ccc(OC)cc3oc2=O)sc2c1CCCC2. The summed E-state index contributed by atoms with van der Waals surface area (Å²) in [5.41, 5.74) is 0.785. The number of amides is 1. The third-order valence-corrected chi connectivity index (χ3v) is 6.27. The van der Waals surface area contributed by atoms with E-state index in [2.05, 4.69) is 5.32 Å². The van der Waals surface area contributed by atoms with E-state index in [-0.39, 0.29) is 12.2 Å². The first-order chi connectivity index (χ1) is 14.5. The third-order valence-electron chi connectivity index (χ3n) is 5.07. The Bertz CT molecular complexity index is 1190. The molecule has 8 heteroatoms. The molecule has 4 rings (SSSR count). The van der Waals surface area contributed by atoms with Crippen molar-refractivity contribution in [3.63, 3.8) is 0 Å². The summed E-state index contributed by atoms with van der Waals surface area (Å²) in [5.74, 6) is -0.526. The van der Waals surface area contributed by atoms with Gasteiger partial charge in [-0.15, -0.1) is 11.3 Å². The highest BCUT2D eigenvalue weighted by molar-refractivity contribution is 7.17. The number of aryl methyl sites for hydroxylation is 1. The van der Waals surface area contributed by atoms with Gasteiger partial charge in [0.25, 0.3) is 5.91 Å². The lowest BCUT2D eigenvalue weighted by atomic mass is 9.95. The van der Waals surface area contributed by atoms with E-state index in [1.807, 2.05) is 0 Å². The Hall–Kier alpha value is -3.13. The van der Waals surface area contributed by atoms with Gasteiger partial charge in [-0.05, 0) is 56.4 Å². The van der Waals surface area contributed by atoms with Crippen LogP contribution in [0.3, 0.4) is 0 Å². The highest BCUT2D eigenvalue weighted by Crippen LogP contribution is 2.38. The largest absolute Gasteiger partial charge is 0.497 e. The van der Waals surface area contributed by atoms with Crippen LogP contribution < -0.4 is 15.7 Å². The molecule has 7 nitrogen and oxygen atoms in total. The van der Waals surface area contributed by atoms with E-state index in [0.717, 1.165) is 36.1 Å². The number of rotatable bonds is 5. The van der Waals surface area contributed by atoms with Gasteiger partial charge < -0.3 is 19.2 Å². The molecule has 1 aliphatic rings. The van der Waals surface area contributed by atoms with Crippen LogP contribution in [0.2, 0.25) is 0 Å². The van der Waals surface area contributed by atoms with Crippen molar-refractivity contribution in [2.75, 3.05) is 19.0 Å². The Labute approximate surface area is 176 Å². The van der Waals surface area contributed by atoms with Gasteiger partial charge in [0.2, 0.25) is 0 Å². The number of fused-ring (bicyclic) bond motifs is 2. The highest BCUT2D eigenvalue weighted by atomic mass is 32.1. The Morgan fingerprint density at radius 3 is 2.77 bits per heavy atom. The van der Waals surface area contributed by atoms with Gasteiger partial charge in [-0.1, -0.05) is 0 Å². The molecule has 1 aromatic carbocycles. The number of nitrogens with one attached hydrogen (secondary N) is 1. The summed E-state index contributed by atoms with van der Waals surface area (Å²) in [5, 5.41) is 3.76. The fraction of sp³-hybridized carbons (Fsp3) is 0.318. The van der Waals surface area contributed by atoms with Crippen molar-refractivity contribution < 1.29 is 23.5 Å². The molecule has 1 aliphatic carbocycles. The maximum atomic E-state index is 12.9. The Morgan fingerprint density at radius 1 is 1.20 bits per heavy atom. The Kier molecular flexibility index (Phi) is 5.59. The molecule has 30 heavy (non-hydrogen) atoms. The minimum Gasteiger partial charge on any atom is -0.497 e. The number of esters is 1. The fourth-order valence-corrected chi connectivity index (χ4v) is 4.89. The lowest BCUT2D eigenvalue weighted by Crippen LogP contribution is -2.21. The number of ether oxygens (including phenoxy) is 2. The summed E-state index contributed by atoms with van der Waals surface area (Å²) in [7, 11) is 1.52. The molecule has 2 heterocycles. The molecular formula is C22H21NO6S. The van der Waals surface area contributed by atoms with Gasteiger partial charge in [0.1, 0.15) is 21.9 Å². The van der Waals surface area contributed by atoms with Gasteiger partial charge in [-0.25, -0.2) is 9.59 Å². The first kappa shape index (κ1) is 20.2. The van der Waals surface area contributed by atoms with Crippen LogP contribution in [-0.4, -0.2) is 25.6 Å². The Morgan fingerprint density at radius 2 is 2.00 bits per heavy atom. The van der Waals surface area contributed by atoms with E-state index in [9.17, 15) is 14.4 Å². The molecule has 0 saturated carbocycles. The minimum atomic E-state index is -0.757. The zero-order valence-corrected chi connectivity index (χ0v) is 17.5. The lowest BCUT2D eigenvalue weighted by molar-refractivity contribution is 0.0526. The second kappa shape index (κ2) is 8.31. The zero-order chi connectivity index (χ0) is 21.3. The highest BCUT2D eigenvalue weighted by Gasteiger charge is 2.28. The number of benzene rings is 1. The molecule has 0 aliphatic heterocycles. The molecule has 156 valence electrons. The van der Waals surface area contributed by atoms with Gasteiger partial charge >= 0.3 is 11.6 Å². The summed E-state index contributed by atoms with van der Waals surface area (Å²) < 4.78 is 15.6. The minimum absolute atomic E-state index is 0.131. The van der Waals surface area contributed by atoms with E-state index in [1.165, 1.54) is 24.5 Å². The average Bonchev–Trinajstić information content (AvgIpc) is 3.10. The van der Waals surface area contributed by atoms with Gasteiger partial charge in [0.15, 0.2) is 0 Å². The third kappa shape index (κ3) is 3.70. The normalized spacial score (nSPS) is 13.0. The van der Waals surface area contributed by atoms with Crippen LogP contribution >= 0.6 is 11.3 Å². The molecule has 0 fully saturated rings. The standard InChI is InChI=1S/C22H21NO6S/c1-3-28-22(26)18-14-6-4-5-7-17(14)30-20(18)23-19(24)15-10-12-8-9-13(27-2)11-16(12)29-21(15)25/h8-11H,3-7H2,1-2H3,(H,23,24). The number of hydrogen-bond acceptors (Lipinski definition) is 7. The van der Waals surface area contributed by atoms with E-state index < -0.39 is 17.5 Å². The molecule has 1 N–H and O–H groups in total. The van der Waals surface area contributed by atoms with Crippen LogP contribution in [0.5, 0.6) is 5.75 Å². The van der Waals surface area contributed by atoms with Crippen LogP contribution in [0.25, 0.3) is 11.0 Å². The summed E-state index contributed by atoms with van der Waals surface area (Å²) in [6.45, 7) is 1.98. The predicted molar refractivity (Wildman–Crippen MR) is 114 cm³/mol. The first-order valence-corrected chi connectivity index (χ1v) is 10.6. The van der Waals surface area contributed by atoms with Crippen molar-refractivity contribution in [3.05, 3.63) is 56.3 Å². The molecule has 0 saturated heterocycles. The first-order valence-electron chi connectivity index (χ1n) is 9.76. The molecule has 1 amide bonds. The number of carbonyl (C=O) groups is 2. The quantitative estimate of drug-likeness (QED) is 0.485. The van der Waals surface area contributed by atoms with Crippen LogP contribution in [0.1, 0.15) is 50.9 Å². The summed E-state index contributed by atoms with van der Waals surface area (Å²) in [4.78, 5) is 39.0. The van der Waals surface area contributed by atoms with E-state index in [0.29, 0.717) is 27.3 Å². The number of thiophene rings is 1. The van der Waals surface area contributed by atoms with Crippen molar-refractivity contribution in [1.29, 1.82) is 0 Å². The monoisotopic (exact) mass is 427 g/mol. The molecular weight excluding hydrogens is 406 g/mol. The second-order valence-electron chi connectivity index (χ2n) is 6.94. The Balaban J connectivity index is 1.70. The molecule has 0 radical (unpaired) electrons. The summed E-state index contributed by atoms with van der Waals surface area (Å²) in [6.07, 6.45) is 3.67. The van der Waals surface area contributed by atoms with Crippen molar-refractivity contribution in [3.8, 4) is 5.75 Å². The summed E-state index contributed by atoms with van der Waals surface area (Å²) >= 11 is 1.37. The van der Waals surface area contributed by atoms with Gasteiger partial charge in [-0.2, -0.15) is 0 Å². The average molecular weight is 427 g/mol. The molecule has 3 aromatic rings. The fourth-order valence-electron chi connectivity index (χ4n) is 3.62. The predicted octanol–water partition coefficient (Wildman–Crippen LogP) is 4.17. The van der Waals surface area contributed by atoms with Crippen molar-refractivity contribution in [2.24, 2.45) is 0 Å². The second-order valence-corrected chi connectivity index (χ2v) is 8.05. The van der Waals surface area contributed by atoms with Gasteiger partial charge in [0.05, 0.1) is 19.3 Å². The number of methoxy groups -OCH3 is 1. The van der Waals surface area contributed by atoms with E-state index in [4.69, 9.17) is 13.9 Å². The maximum Gasteiger partial charge on any atom is 0.349 e. The van der Waals surface area contributed by atoms with E-state index >= 15 is 0 Å². The number of hydrogen-bond donors (Lipinski definition) is 1. The van der Waals surface area contributed by atoms with Gasteiger partial charge in [0, 0.05) is 16.3 Å². The number of carbonyl (C=O) groups excluding carboxylic acids is 2. The maximum absolute atomic E-state index is 12.9. The smallest absolute Gasteiger partial charge is 0.349 e. The van der Waals surface area contributed by atoms with E-state index in [1.54, 1.807) is 25.1 Å². The topological polar surface area (TPSA) is 94.8 Å². The molecule has 0 spiro atoms. The van der Waals surface area contributed by atoms with Crippen LogP contribution in [-0.2, 0) is 17.6 Å². The van der Waals surface area contributed by atoms with Crippen molar-refractivity contribution in [1.82, 2.24) is 0 Å². The van der Waals surface area contributed by atoms with Crippen molar-refractivity contribution >= 4 is 39.2 Å². The molecule has 0 bridgehead atoms.